The minimum Gasteiger partial charge on any atom is -0.497 e. The van der Waals surface area contributed by atoms with E-state index in [4.69, 9.17) is 21.1 Å². The van der Waals surface area contributed by atoms with Crippen molar-refractivity contribution in [2.75, 3.05) is 20.3 Å². The van der Waals surface area contributed by atoms with Crippen LogP contribution >= 0.6 is 11.6 Å². The minimum absolute atomic E-state index is 0.314. The lowest BCUT2D eigenvalue weighted by molar-refractivity contribution is 0.352. The summed E-state index contributed by atoms with van der Waals surface area (Å²) in [7, 11) is 1.65. The number of methoxy groups -OCH3 is 1. The highest BCUT2D eigenvalue weighted by Crippen LogP contribution is 2.24. The Morgan fingerprint density at radius 3 is 2.83 bits per heavy atom. The lowest BCUT2D eigenvalue weighted by Gasteiger charge is -2.13. The van der Waals surface area contributed by atoms with Crippen molar-refractivity contribution in [2.45, 2.75) is 19.9 Å². The smallest absolute Gasteiger partial charge is 0.124 e. The van der Waals surface area contributed by atoms with Crippen molar-refractivity contribution in [3.63, 3.8) is 0 Å². The quantitative estimate of drug-likeness (QED) is 0.735. The Hall–Kier alpha value is -1.19. The molecule has 0 spiro atoms. The van der Waals surface area contributed by atoms with Gasteiger partial charge in [-0.2, -0.15) is 0 Å². The first kappa shape index (κ1) is 14.9. The van der Waals surface area contributed by atoms with Crippen LogP contribution < -0.4 is 14.8 Å². The third kappa shape index (κ3) is 4.98. The molecular formula is C14H20ClNO2. The van der Waals surface area contributed by atoms with E-state index in [0.29, 0.717) is 11.6 Å². The summed E-state index contributed by atoms with van der Waals surface area (Å²) in [6.07, 6.45) is 1.10. The van der Waals surface area contributed by atoms with Crippen molar-refractivity contribution in [1.29, 1.82) is 0 Å². The summed E-state index contributed by atoms with van der Waals surface area (Å²) in [5.74, 6) is 1.63. The second kappa shape index (κ2) is 8.01. The first-order valence-corrected chi connectivity index (χ1v) is 6.39. The van der Waals surface area contributed by atoms with Gasteiger partial charge in [-0.25, -0.2) is 0 Å². The van der Waals surface area contributed by atoms with Gasteiger partial charge in [0.15, 0.2) is 0 Å². The maximum Gasteiger partial charge on any atom is 0.124 e. The van der Waals surface area contributed by atoms with Crippen molar-refractivity contribution in [3.05, 3.63) is 35.4 Å². The third-order valence-electron chi connectivity index (χ3n) is 2.39. The highest BCUT2D eigenvalue weighted by atomic mass is 35.5. The average molecular weight is 270 g/mol. The lowest BCUT2D eigenvalue weighted by Crippen LogP contribution is -2.15. The molecule has 0 saturated heterocycles. The summed E-state index contributed by atoms with van der Waals surface area (Å²) in [6, 6.07) is 5.73. The first-order valence-electron chi connectivity index (χ1n) is 6.01. The van der Waals surface area contributed by atoms with E-state index in [-0.39, 0.29) is 0 Å². The number of hydrogen-bond donors (Lipinski definition) is 1. The molecule has 1 N–H and O–H groups in total. The molecule has 0 unspecified atom stereocenters. The van der Waals surface area contributed by atoms with Gasteiger partial charge in [-0.3, -0.25) is 0 Å². The molecule has 0 saturated carbocycles. The van der Waals surface area contributed by atoms with Crippen molar-refractivity contribution in [3.8, 4) is 11.5 Å². The van der Waals surface area contributed by atoms with E-state index in [2.05, 4.69) is 18.8 Å². The number of benzene rings is 1. The van der Waals surface area contributed by atoms with Gasteiger partial charge in [-0.05, 0) is 31.2 Å². The summed E-state index contributed by atoms with van der Waals surface area (Å²) >= 11 is 5.71. The molecule has 0 aliphatic rings. The molecule has 0 radical (unpaired) electrons. The molecule has 0 amide bonds. The molecule has 3 nitrogen and oxygen atoms in total. The molecule has 0 bridgehead atoms. The molecule has 0 heterocycles. The third-order valence-corrected chi connectivity index (χ3v) is 2.50. The molecule has 18 heavy (non-hydrogen) atoms. The molecular weight excluding hydrogens is 250 g/mol. The van der Waals surface area contributed by atoms with E-state index in [9.17, 15) is 0 Å². The molecule has 1 aromatic rings. The first-order chi connectivity index (χ1) is 8.67. The molecule has 1 rings (SSSR count). The molecule has 0 atom stereocenters. The van der Waals surface area contributed by atoms with E-state index in [1.165, 1.54) is 0 Å². The highest BCUT2D eigenvalue weighted by molar-refractivity contribution is 6.29. The Morgan fingerprint density at radius 1 is 1.44 bits per heavy atom. The van der Waals surface area contributed by atoms with Gasteiger partial charge in [0, 0.05) is 17.1 Å². The highest BCUT2D eigenvalue weighted by Gasteiger charge is 2.06. The van der Waals surface area contributed by atoms with Crippen LogP contribution in [0.1, 0.15) is 18.9 Å². The average Bonchev–Trinajstić information content (AvgIpc) is 2.37. The Bertz CT molecular complexity index is 393. The van der Waals surface area contributed by atoms with Crippen LogP contribution in [0.2, 0.25) is 0 Å². The van der Waals surface area contributed by atoms with Gasteiger partial charge in [0.25, 0.3) is 0 Å². The van der Waals surface area contributed by atoms with Crippen LogP contribution in [0.3, 0.4) is 0 Å². The zero-order valence-corrected chi connectivity index (χ0v) is 11.7. The number of halogens is 1. The van der Waals surface area contributed by atoms with Crippen molar-refractivity contribution in [2.24, 2.45) is 0 Å². The molecule has 4 heteroatoms. The molecule has 100 valence electrons. The summed E-state index contributed by atoms with van der Waals surface area (Å²) in [5.41, 5.74) is 1.06. The van der Waals surface area contributed by atoms with E-state index in [1.54, 1.807) is 7.11 Å². The van der Waals surface area contributed by atoms with Gasteiger partial charge in [0.1, 0.15) is 18.1 Å². The fourth-order valence-electron chi connectivity index (χ4n) is 1.52. The van der Waals surface area contributed by atoms with Crippen LogP contribution in [-0.4, -0.2) is 20.3 Å². The summed E-state index contributed by atoms with van der Waals surface area (Å²) in [6.45, 7) is 7.77. The lowest BCUT2D eigenvalue weighted by atomic mass is 10.2. The van der Waals surface area contributed by atoms with Crippen LogP contribution in [0.25, 0.3) is 0 Å². The normalized spacial score (nSPS) is 10.2. The van der Waals surface area contributed by atoms with Crippen LogP contribution in [0.5, 0.6) is 11.5 Å². The van der Waals surface area contributed by atoms with Gasteiger partial charge >= 0.3 is 0 Å². The second-order valence-corrected chi connectivity index (χ2v) is 4.49. The van der Waals surface area contributed by atoms with Crippen LogP contribution in [0.15, 0.2) is 29.8 Å². The van der Waals surface area contributed by atoms with Gasteiger partial charge in [-0.15, -0.1) is 0 Å². The zero-order valence-electron chi connectivity index (χ0n) is 11.0. The standard InChI is InChI=1S/C14H20ClNO2/c1-4-7-16-9-12-8-13(17-3)5-6-14(12)18-10-11(2)15/h5-6,8,16H,2,4,7,9-10H2,1,3H3. The number of hydrogen-bond acceptors (Lipinski definition) is 3. The minimum atomic E-state index is 0.314. The van der Waals surface area contributed by atoms with Crippen molar-refractivity contribution >= 4 is 11.6 Å². The van der Waals surface area contributed by atoms with E-state index in [1.807, 2.05) is 18.2 Å². The number of rotatable bonds is 8. The van der Waals surface area contributed by atoms with Gasteiger partial charge in [-0.1, -0.05) is 25.1 Å². The Balaban J connectivity index is 2.75. The van der Waals surface area contributed by atoms with Crippen LogP contribution in [0.4, 0.5) is 0 Å². The maximum atomic E-state index is 5.71. The summed E-state index contributed by atoms with van der Waals surface area (Å²) in [5, 5.41) is 3.82. The van der Waals surface area contributed by atoms with Crippen LogP contribution in [0, 0.1) is 0 Å². The largest absolute Gasteiger partial charge is 0.497 e. The predicted molar refractivity (Wildman–Crippen MR) is 75.5 cm³/mol. The fraction of sp³-hybridized carbons (Fsp3) is 0.429. The maximum absolute atomic E-state index is 5.71. The topological polar surface area (TPSA) is 30.5 Å². The van der Waals surface area contributed by atoms with Crippen molar-refractivity contribution < 1.29 is 9.47 Å². The SMILES string of the molecule is C=C(Cl)COc1ccc(OC)cc1CNCCC. The Kier molecular flexibility index (Phi) is 6.61. The summed E-state index contributed by atoms with van der Waals surface area (Å²) in [4.78, 5) is 0. The number of nitrogens with one attached hydrogen (secondary N) is 1. The van der Waals surface area contributed by atoms with Gasteiger partial charge in [0.05, 0.1) is 7.11 Å². The molecule has 0 aliphatic carbocycles. The fourth-order valence-corrected chi connectivity index (χ4v) is 1.57. The molecule has 0 aliphatic heterocycles. The van der Waals surface area contributed by atoms with E-state index in [0.717, 1.165) is 36.6 Å². The van der Waals surface area contributed by atoms with Crippen LogP contribution in [-0.2, 0) is 6.54 Å². The van der Waals surface area contributed by atoms with E-state index >= 15 is 0 Å². The Morgan fingerprint density at radius 2 is 2.22 bits per heavy atom. The van der Waals surface area contributed by atoms with Gasteiger partial charge < -0.3 is 14.8 Å². The van der Waals surface area contributed by atoms with Crippen molar-refractivity contribution in [1.82, 2.24) is 5.32 Å². The Labute approximate surface area is 114 Å². The molecule has 0 aromatic heterocycles. The zero-order chi connectivity index (χ0) is 13.4. The molecule has 0 fully saturated rings. The monoisotopic (exact) mass is 269 g/mol. The predicted octanol–water partition coefficient (Wildman–Crippen LogP) is 3.33. The number of ether oxygens (including phenoxy) is 2. The summed E-state index contributed by atoms with van der Waals surface area (Å²) < 4.78 is 10.8. The van der Waals surface area contributed by atoms with Gasteiger partial charge in [0.2, 0.25) is 0 Å². The molecule has 1 aromatic carbocycles. The second-order valence-electron chi connectivity index (χ2n) is 3.96. The van der Waals surface area contributed by atoms with E-state index < -0.39 is 0 Å².